The quantitative estimate of drug-likeness (QED) is 0.873. The van der Waals surface area contributed by atoms with Gasteiger partial charge >= 0.3 is 6.03 Å². The minimum Gasteiger partial charge on any atom is -0.338 e. The van der Waals surface area contributed by atoms with Crippen LogP contribution in [0, 0.1) is 6.92 Å². The molecule has 1 N–H and O–H groups in total. The van der Waals surface area contributed by atoms with E-state index in [1.807, 2.05) is 16.6 Å². The van der Waals surface area contributed by atoms with Gasteiger partial charge in [0.15, 0.2) is 0 Å². The van der Waals surface area contributed by atoms with Gasteiger partial charge in [-0.2, -0.15) is 5.10 Å². The van der Waals surface area contributed by atoms with Gasteiger partial charge in [-0.25, -0.2) is 9.78 Å². The Kier molecular flexibility index (Phi) is 5.21. The molecule has 2 aromatic heterocycles. The molecule has 8 heteroatoms. The van der Waals surface area contributed by atoms with Gasteiger partial charge in [0.2, 0.25) is 0 Å². The zero-order valence-electron chi connectivity index (χ0n) is 15.2. The highest BCUT2D eigenvalue weighted by molar-refractivity contribution is 7.09. The van der Waals surface area contributed by atoms with Crippen molar-refractivity contribution in [3.63, 3.8) is 0 Å². The number of aromatic nitrogens is 3. The predicted molar refractivity (Wildman–Crippen MR) is 101 cm³/mol. The van der Waals surface area contributed by atoms with Crippen LogP contribution in [0.15, 0.2) is 17.8 Å². The molecule has 0 spiro atoms. The summed E-state index contributed by atoms with van der Waals surface area (Å²) < 4.78 is 2.14. The predicted octanol–water partition coefficient (Wildman–Crippen LogP) is 2.40. The van der Waals surface area contributed by atoms with Gasteiger partial charge in [-0.1, -0.05) is 0 Å². The fourth-order valence-electron chi connectivity index (χ4n) is 3.86. The third kappa shape index (κ3) is 3.76. The average molecular weight is 375 g/mol. The lowest BCUT2D eigenvalue weighted by Gasteiger charge is -2.34. The molecule has 0 bridgehead atoms. The number of amides is 2. The van der Waals surface area contributed by atoms with Gasteiger partial charge in [-0.15, -0.1) is 11.3 Å². The lowest BCUT2D eigenvalue weighted by molar-refractivity contribution is 0.161. The number of likely N-dealkylation sites (tertiary alicyclic amines) is 1. The van der Waals surface area contributed by atoms with E-state index in [9.17, 15) is 4.79 Å². The Morgan fingerprint density at radius 3 is 3.00 bits per heavy atom. The second kappa shape index (κ2) is 7.75. The van der Waals surface area contributed by atoms with E-state index in [-0.39, 0.29) is 6.03 Å². The zero-order valence-corrected chi connectivity index (χ0v) is 16.0. The Hall–Kier alpha value is -1.93. The highest BCUT2D eigenvalue weighted by atomic mass is 32.1. The molecule has 1 saturated heterocycles. The third-order valence-corrected chi connectivity index (χ3v) is 6.23. The molecule has 2 aliphatic rings. The van der Waals surface area contributed by atoms with Crippen molar-refractivity contribution in [1.29, 1.82) is 0 Å². The Morgan fingerprint density at radius 1 is 1.38 bits per heavy atom. The number of carbonyl (C=O) groups excluding carboxylic acids is 1. The summed E-state index contributed by atoms with van der Waals surface area (Å²) in [5.74, 6) is 0. The topological polar surface area (TPSA) is 66.3 Å². The summed E-state index contributed by atoms with van der Waals surface area (Å²) in [6.45, 7) is 7.33. The summed E-state index contributed by atoms with van der Waals surface area (Å²) >= 11 is 1.73. The second-order valence-corrected chi connectivity index (χ2v) is 8.11. The van der Waals surface area contributed by atoms with Crippen LogP contribution in [-0.2, 0) is 13.1 Å². The summed E-state index contributed by atoms with van der Waals surface area (Å²) in [4.78, 5) is 22.2. The molecule has 2 aliphatic heterocycles. The van der Waals surface area contributed by atoms with Crippen molar-refractivity contribution in [1.82, 2.24) is 29.9 Å². The van der Waals surface area contributed by atoms with E-state index >= 15 is 0 Å². The maximum Gasteiger partial charge on any atom is 0.317 e. The van der Waals surface area contributed by atoms with Gasteiger partial charge in [0, 0.05) is 50.3 Å². The lowest BCUT2D eigenvalue weighted by Crippen LogP contribution is -2.41. The van der Waals surface area contributed by atoms with Crippen molar-refractivity contribution < 1.29 is 4.79 Å². The van der Waals surface area contributed by atoms with Crippen LogP contribution < -0.4 is 5.32 Å². The standard InChI is InChI=1S/C18H26N6OS/c1-14-17(26-13-20-14)12-22-10-15(24-16(11-22)5-7-21-24)4-6-19-18(25)23-8-2-3-9-23/h5,7,13,15H,2-4,6,8-12H2,1H3,(H,19,25)/t15-/m1/s1. The molecule has 2 amide bonds. The average Bonchev–Trinajstić information content (AvgIpc) is 3.37. The Morgan fingerprint density at radius 2 is 2.23 bits per heavy atom. The summed E-state index contributed by atoms with van der Waals surface area (Å²) in [5.41, 5.74) is 4.29. The molecule has 4 heterocycles. The molecule has 2 aromatic rings. The number of rotatable bonds is 5. The molecular weight excluding hydrogens is 348 g/mol. The van der Waals surface area contributed by atoms with Crippen molar-refractivity contribution in [2.45, 2.75) is 45.3 Å². The van der Waals surface area contributed by atoms with Crippen LogP contribution in [0.3, 0.4) is 0 Å². The molecule has 0 unspecified atom stereocenters. The highest BCUT2D eigenvalue weighted by Gasteiger charge is 2.26. The maximum absolute atomic E-state index is 12.2. The Balaban J connectivity index is 1.35. The van der Waals surface area contributed by atoms with Gasteiger partial charge in [0.25, 0.3) is 0 Å². The molecule has 0 saturated carbocycles. The van der Waals surface area contributed by atoms with Gasteiger partial charge in [-0.05, 0) is 32.3 Å². The number of hydrogen-bond acceptors (Lipinski definition) is 5. The van der Waals surface area contributed by atoms with Crippen LogP contribution in [0.25, 0.3) is 0 Å². The number of thiazole rings is 1. The Labute approximate surface area is 158 Å². The molecule has 1 fully saturated rings. The zero-order chi connectivity index (χ0) is 17.9. The molecule has 4 rings (SSSR count). The summed E-state index contributed by atoms with van der Waals surface area (Å²) in [7, 11) is 0. The number of nitrogens with zero attached hydrogens (tertiary/aromatic N) is 5. The van der Waals surface area contributed by atoms with E-state index in [2.05, 4.69) is 38.0 Å². The van der Waals surface area contributed by atoms with Crippen molar-refractivity contribution >= 4 is 17.4 Å². The monoisotopic (exact) mass is 374 g/mol. The maximum atomic E-state index is 12.2. The van der Waals surface area contributed by atoms with Crippen molar-refractivity contribution in [2.75, 3.05) is 26.2 Å². The van der Waals surface area contributed by atoms with Crippen LogP contribution in [0.2, 0.25) is 0 Å². The fraction of sp³-hybridized carbons (Fsp3) is 0.611. The van der Waals surface area contributed by atoms with Crippen LogP contribution >= 0.6 is 11.3 Å². The fourth-order valence-corrected chi connectivity index (χ4v) is 4.68. The Bertz CT molecular complexity index is 750. The number of carbonyl (C=O) groups is 1. The van der Waals surface area contributed by atoms with E-state index in [1.54, 1.807) is 11.3 Å². The van der Waals surface area contributed by atoms with E-state index in [1.165, 1.54) is 10.6 Å². The van der Waals surface area contributed by atoms with Crippen LogP contribution in [-0.4, -0.2) is 56.8 Å². The number of aryl methyl sites for hydroxylation is 1. The van der Waals surface area contributed by atoms with E-state index in [0.717, 1.165) is 57.7 Å². The summed E-state index contributed by atoms with van der Waals surface area (Å²) in [6.07, 6.45) is 5.02. The molecule has 140 valence electrons. The molecule has 0 radical (unpaired) electrons. The molecule has 0 aliphatic carbocycles. The second-order valence-electron chi connectivity index (χ2n) is 7.17. The first-order valence-corrected chi connectivity index (χ1v) is 10.2. The van der Waals surface area contributed by atoms with Crippen LogP contribution in [0.5, 0.6) is 0 Å². The van der Waals surface area contributed by atoms with E-state index in [4.69, 9.17) is 0 Å². The van der Waals surface area contributed by atoms with Crippen molar-refractivity contribution in [3.8, 4) is 0 Å². The first-order chi connectivity index (χ1) is 12.7. The smallest absolute Gasteiger partial charge is 0.317 e. The number of nitrogens with one attached hydrogen (secondary N) is 1. The normalized spacial score (nSPS) is 20.3. The first-order valence-electron chi connectivity index (χ1n) is 9.37. The number of fused-ring (bicyclic) bond motifs is 1. The number of urea groups is 1. The first kappa shape index (κ1) is 17.5. The number of hydrogen-bond donors (Lipinski definition) is 1. The summed E-state index contributed by atoms with van der Waals surface area (Å²) in [6, 6.07) is 2.47. The highest BCUT2D eigenvalue weighted by Crippen LogP contribution is 2.25. The van der Waals surface area contributed by atoms with E-state index < -0.39 is 0 Å². The molecule has 26 heavy (non-hydrogen) atoms. The largest absolute Gasteiger partial charge is 0.338 e. The SMILES string of the molecule is Cc1ncsc1CN1Cc2ccnn2[C@H](CCNC(=O)N2CCCC2)C1. The van der Waals surface area contributed by atoms with Gasteiger partial charge in [0.05, 0.1) is 22.9 Å². The van der Waals surface area contributed by atoms with Gasteiger partial charge < -0.3 is 10.2 Å². The van der Waals surface area contributed by atoms with Crippen molar-refractivity contribution in [3.05, 3.63) is 34.0 Å². The summed E-state index contributed by atoms with van der Waals surface area (Å²) in [5, 5.41) is 7.60. The molecule has 7 nitrogen and oxygen atoms in total. The van der Waals surface area contributed by atoms with Gasteiger partial charge in [0.1, 0.15) is 0 Å². The van der Waals surface area contributed by atoms with Gasteiger partial charge in [-0.3, -0.25) is 9.58 Å². The minimum absolute atomic E-state index is 0.0798. The van der Waals surface area contributed by atoms with Crippen molar-refractivity contribution in [2.24, 2.45) is 0 Å². The molecule has 1 atom stereocenters. The molecular formula is C18H26N6OS. The van der Waals surface area contributed by atoms with E-state index in [0.29, 0.717) is 12.6 Å². The lowest BCUT2D eigenvalue weighted by atomic mass is 10.1. The van der Waals surface area contributed by atoms with Crippen LogP contribution in [0.1, 0.15) is 41.6 Å². The molecule has 0 aromatic carbocycles. The minimum atomic E-state index is 0.0798. The third-order valence-electron chi connectivity index (χ3n) is 5.31. The van der Waals surface area contributed by atoms with Crippen LogP contribution in [0.4, 0.5) is 4.79 Å².